The number of halogens is 3. The Kier molecular flexibility index (Phi) is 9.00. The number of aromatic amines is 1. The predicted octanol–water partition coefficient (Wildman–Crippen LogP) is 6.66. The van der Waals surface area contributed by atoms with E-state index in [9.17, 15) is 13.2 Å². The number of nitrogens with zero attached hydrogens (tertiary/aromatic N) is 2. The Morgan fingerprint density at radius 2 is 1.90 bits per heavy atom. The largest absolute Gasteiger partial charge is 0.490 e. The fraction of sp³-hybridized carbons (Fsp3) is 0.312. The average Bonchev–Trinajstić information content (AvgIpc) is 3.68. The van der Waals surface area contributed by atoms with Crippen LogP contribution in [0.1, 0.15) is 34.4 Å². The predicted molar refractivity (Wildman–Crippen MR) is 157 cm³/mol. The molecule has 1 aliphatic heterocycles. The molecule has 3 heterocycles. The second kappa shape index (κ2) is 12.8. The number of piperidine rings is 1. The Labute approximate surface area is 246 Å². The molecule has 0 radical (unpaired) electrons. The lowest BCUT2D eigenvalue weighted by Crippen LogP contribution is -2.30. The molecule has 0 amide bonds. The van der Waals surface area contributed by atoms with Crippen LogP contribution in [0.5, 0.6) is 5.75 Å². The Balaban J connectivity index is 0.000000451. The molecule has 1 aliphatic carbocycles. The maximum absolute atomic E-state index is 10.6. The summed E-state index contributed by atoms with van der Waals surface area (Å²) in [5.41, 5.74) is 8.88. The van der Waals surface area contributed by atoms with Crippen molar-refractivity contribution < 1.29 is 27.8 Å². The monoisotopic (exact) mass is 593 g/mol. The van der Waals surface area contributed by atoms with Crippen molar-refractivity contribution in [1.82, 2.24) is 15.1 Å². The summed E-state index contributed by atoms with van der Waals surface area (Å²) >= 11 is 1.66. The topological polar surface area (TPSA) is 78.5 Å². The van der Waals surface area contributed by atoms with Crippen molar-refractivity contribution in [2.75, 3.05) is 26.7 Å². The van der Waals surface area contributed by atoms with Crippen LogP contribution in [0.4, 0.5) is 13.2 Å². The maximum Gasteiger partial charge on any atom is 0.490 e. The van der Waals surface area contributed by atoms with E-state index in [2.05, 4.69) is 63.6 Å². The first kappa shape index (κ1) is 29.4. The summed E-state index contributed by atoms with van der Waals surface area (Å²) in [6.45, 7) is 2.83. The molecule has 10 heteroatoms. The molecule has 0 unspecified atom stereocenters. The summed E-state index contributed by atoms with van der Waals surface area (Å²) in [4.78, 5) is 12.4. The van der Waals surface area contributed by atoms with Gasteiger partial charge in [0.15, 0.2) is 0 Å². The van der Waals surface area contributed by atoms with Crippen molar-refractivity contribution in [1.29, 1.82) is 0 Å². The molecule has 2 N–H and O–H groups in total. The first-order valence-corrected chi connectivity index (χ1v) is 14.5. The maximum atomic E-state index is 10.6. The second-order valence-corrected chi connectivity index (χ2v) is 11.4. The van der Waals surface area contributed by atoms with E-state index in [-0.39, 0.29) is 0 Å². The van der Waals surface area contributed by atoms with E-state index in [1.54, 1.807) is 11.3 Å². The number of fused-ring (bicyclic) bond motifs is 3. The Hall–Kier alpha value is -4.07. The minimum absolute atomic E-state index is 0.379. The summed E-state index contributed by atoms with van der Waals surface area (Å²) in [6.07, 6.45) is -0.328. The fourth-order valence-corrected chi connectivity index (χ4v) is 6.00. The normalized spacial score (nSPS) is 14.7. The van der Waals surface area contributed by atoms with E-state index in [0.717, 1.165) is 34.2 Å². The first-order valence-electron chi connectivity index (χ1n) is 13.6. The number of aromatic nitrogens is 2. The molecule has 42 heavy (non-hydrogen) atoms. The third kappa shape index (κ3) is 7.22. The molecule has 218 valence electrons. The number of benzene rings is 2. The van der Waals surface area contributed by atoms with E-state index in [1.807, 2.05) is 30.3 Å². The standard InChI is InChI=1S/C30H29N3OS.C2HF3O2/c1-33-13-11-21(12-14-33)16-22-9-10-27-23(17-22)19-28-29(31-32-30(27)28)24-18-26(35-20-24)8-5-15-34-25-6-3-2-4-7-25;3-2(4,5)1(6)7/h2-4,6-7,9-10,17-18,20-21H,11-16,19H2,1H3,(H,31,32);(H,6,7). The lowest BCUT2D eigenvalue weighted by atomic mass is 9.89. The molecule has 0 atom stereocenters. The van der Waals surface area contributed by atoms with Crippen molar-refractivity contribution in [2.24, 2.45) is 5.92 Å². The second-order valence-electron chi connectivity index (χ2n) is 10.5. The van der Waals surface area contributed by atoms with Gasteiger partial charge in [-0.1, -0.05) is 48.2 Å². The summed E-state index contributed by atoms with van der Waals surface area (Å²) in [5.74, 6) is 5.25. The van der Waals surface area contributed by atoms with Crippen LogP contribution in [0.15, 0.2) is 60.0 Å². The molecule has 2 aliphatic rings. The van der Waals surface area contributed by atoms with Gasteiger partial charge in [-0.25, -0.2) is 4.79 Å². The van der Waals surface area contributed by atoms with Crippen LogP contribution >= 0.6 is 11.3 Å². The minimum atomic E-state index is -5.08. The van der Waals surface area contributed by atoms with E-state index in [0.29, 0.717) is 6.61 Å². The molecule has 2 aromatic carbocycles. The number of carboxylic acids is 1. The molecule has 1 saturated heterocycles. The number of likely N-dealkylation sites (tertiary alicyclic amines) is 1. The number of nitrogens with one attached hydrogen (secondary N) is 1. The molecule has 6 nitrogen and oxygen atoms in total. The van der Waals surface area contributed by atoms with Gasteiger partial charge in [-0.15, -0.1) is 11.3 Å². The van der Waals surface area contributed by atoms with Crippen molar-refractivity contribution in [3.05, 3.63) is 81.5 Å². The van der Waals surface area contributed by atoms with Gasteiger partial charge in [-0.3, -0.25) is 5.10 Å². The SMILES string of the molecule is CN1CCC(Cc2ccc3c(c2)Cc2c(-c4csc(C#CCOc5ccccc5)c4)n[nH]c2-3)CC1.O=C(O)C(F)(F)F. The number of H-pyrrole nitrogens is 1. The third-order valence-corrected chi connectivity index (χ3v) is 8.26. The highest BCUT2D eigenvalue weighted by molar-refractivity contribution is 7.11. The number of alkyl halides is 3. The molecule has 1 fully saturated rings. The highest BCUT2D eigenvalue weighted by atomic mass is 32.1. The summed E-state index contributed by atoms with van der Waals surface area (Å²) < 4.78 is 37.4. The van der Waals surface area contributed by atoms with Crippen LogP contribution in [-0.2, 0) is 17.6 Å². The number of aliphatic carboxylic acids is 1. The van der Waals surface area contributed by atoms with Crippen LogP contribution in [0.2, 0.25) is 0 Å². The summed E-state index contributed by atoms with van der Waals surface area (Å²) in [7, 11) is 2.23. The number of para-hydroxylation sites is 1. The number of rotatable bonds is 5. The summed E-state index contributed by atoms with van der Waals surface area (Å²) in [6, 6.07) is 19.0. The van der Waals surface area contributed by atoms with Crippen LogP contribution < -0.4 is 4.74 Å². The van der Waals surface area contributed by atoms with Gasteiger partial charge in [0.2, 0.25) is 0 Å². The van der Waals surface area contributed by atoms with Crippen LogP contribution in [-0.4, -0.2) is 59.1 Å². The van der Waals surface area contributed by atoms with Gasteiger partial charge in [0.1, 0.15) is 12.4 Å². The quantitative estimate of drug-likeness (QED) is 0.223. The van der Waals surface area contributed by atoms with E-state index in [4.69, 9.17) is 14.6 Å². The fourth-order valence-electron chi connectivity index (χ4n) is 5.24. The van der Waals surface area contributed by atoms with Gasteiger partial charge in [0, 0.05) is 28.5 Å². The zero-order valence-corrected chi connectivity index (χ0v) is 23.8. The van der Waals surface area contributed by atoms with Crippen molar-refractivity contribution in [3.63, 3.8) is 0 Å². The average molecular weight is 594 g/mol. The number of carbonyl (C=O) groups is 1. The van der Waals surface area contributed by atoms with Crippen molar-refractivity contribution >= 4 is 17.3 Å². The molecule has 2 aromatic heterocycles. The summed E-state index contributed by atoms with van der Waals surface area (Å²) in [5, 5.41) is 17.3. The zero-order valence-electron chi connectivity index (χ0n) is 23.0. The Morgan fingerprint density at radius 3 is 2.62 bits per heavy atom. The van der Waals surface area contributed by atoms with E-state index in [1.165, 1.54) is 60.3 Å². The lowest BCUT2D eigenvalue weighted by Gasteiger charge is -2.29. The van der Waals surface area contributed by atoms with E-state index < -0.39 is 12.1 Å². The van der Waals surface area contributed by atoms with Gasteiger partial charge < -0.3 is 14.7 Å². The number of ether oxygens (including phenoxy) is 1. The Bertz CT molecular complexity index is 1590. The zero-order chi connectivity index (χ0) is 29.7. The highest BCUT2D eigenvalue weighted by Crippen LogP contribution is 2.41. The van der Waals surface area contributed by atoms with Crippen LogP contribution in [0.3, 0.4) is 0 Å². The first-order chi connectivity index (χ1) is 20.2. The number of thiophene rings is 1. The van der Waals surface area contributed by atoms with Crippen molar-refractivity contribution in [2.45, 2.75) is 31.9 Å². The van der Waals surface area contributed by atoms with Gasteiger partial charge in [0.05, 0.1) is 16.3 Å². The molecule has 6 rings (SSSR count). The van der Waals surface area contributed by atoms with E-state index >= 15 is 0 Å². The molecule has 4 aromatic rings. The minimum Gasteiger partial charge on any atom is -0.481 e. The molecule has 0 bridgehead atoms. The van der Waals surface area contributed by atoms with Crippen LogP contribution in [0, 0.1) is 17.8 Å². The van der Waals surface area contributed by atoms with Gasteiger partial charge in [-0.2, -0.15) is 18.3 Å². The number of hydrogen-bond acceptors (Lipinski definition) is 5. The van der Waals surface area contributed by atoms with Gasteiger partial charge in [-0.05, 0) is 74.6 Å². The van der Waals surface area contributed by atoms with Crippen molar-refractivity contribution in [3.8, 4) is 40.1 Å². The Morgan fingerprint density at radius 1 is 1.17 bits per heavy atom. The number of hydrogen-bond donors (Lipinski definition) is 2. The third-order valence-electron chi connectivity index (χ3n) is 7.42. The molecule has 0 saturated carbocycles. The molecular formula is C32H30F3N3O3S. The smallest absolute Gasteiger partial charge is 0.481 e. The van der Waals surface area contributed by atoms with Crippen LogP contribution in [0.25, 0.3) is 22.5 Å². The van der Waals surface area contributed by atoms with Gasteiger partial charge >= 0.3 is 12.1 Å². The van der Waals surface area contributed by atoms with Gasteiger partial charge in [0.25, 0.3) is 0 Å². The number of carboxylic acid groups (broad SMARTS) is 1. The lowest BCUT2D eigenvalue weighted by molar-refractivity contribution is -0.192. The highest BCUT2D eigenvalue weighted by Gasteiger charge is 2.38. The molecular weight excluding hydrogens is 563 g/mol. The molecule has 0 spiro atoms.